The lowest BCUT2D eigenvalue weighted by atomic mass is 9.98. The van der Waals surface area contributed by atoms with E-state index in [2.05, 4.69) is 91.2 Å². The number of hydrogen-bond donors (Lipinski definition) is 4. The van der Waals surface area contributed by atoms with Crippen molar-refractivity contribution in [2.45, 2.75) is 37.8 Å². The summed E-state index contributed by atoms with van der Waals surface area (Å²) in [6, 6.07) is 22.8. The van der Waals surface area contributed by atoms with E-state index in [4.69, 9.17) is 0 Å². The van der Waals surface area contributed by atoms with Crippen LogP contribution in [0.15, 0.2) is 73.1 Å². The highest BCUT2D eigenvalue weighted by molar-refractivity contribution is 5.90. The molecule has 2 aromatic heterocycles. The molecule has 5 aromatic rings. The Bertz CT molecular complexity index is 1500. The monoisotopic (exact) mass is 474 g/mol. The fourth-order valence-electron chi connectivity index (χ4n) is 5.59. The first-order valence-corrected chi connectivity index (χ1v) is 13.0. The predicted octanol–water partition coefficient (Wildman–Crippen LogP) is 6.14. The second-order valence-electron chi connectivity index (χ2n) is 10.0. The first-order valence-electron chi connectivity index (χ1n) is 13.0. The Kier molecular flexibility index (Phi) is 5.41. The number of H-pyrrole nitrogens is 2. The summed E-state index contributed by atoms with van der Waals surface area (Å²) in [6.45, 7) is 2.15. The Morgan fingerprint density at radius 2 is 1.06 bits per heavy atom. The van der Waals surface area contributed by atoms with E-state index in [0.717, 1.165) is 54.5 Å². The topological polar surface area (TPSA) is 81.4 Å². The summed E-state index contributed by atoms with van der Waals surface area (Å²) < 4.78 is 0. The molecule has 1 unspecified atom stereocenters. The van der Waals surface area contributed by atoms with Crippen LogP contribution in [0, 0.1) is 0 Å². The van der Waals surface area contributed by atoms with Crippen molar-refractivity contribution in [1.82, 2.24) is 30.6 Å². The number of imidazole rings is 2. The van der Waals surface area contributed by atoms with Crippen LogP contribution >= 0.6 is 0 Å². The SMILES string of the molecule is c1cc(-c2cnc([C@@H]3CCCN3)[nH]2)ccc1-c1ccc2cc(-c3cnc(C4CCCN4)[nH]3)ccc2c1. The molecule has 6 nitrogen and oxygen atoms in total. The second-order valence-corrected chi connectivity index (χ2v) is 10.0. The maximum absolute atomic E-state index is 4.63. The minimum Gasteiger partial charge on any atom is -0.341 e. The maximum atomic E-state index is 4.63. The molecule has 0 bridgehead atoms. The second kappa shape index (κ2) is 9.04. The van der Waals surface area contributed by atoms with E-state index in [9.17, 15) is 0 Å². The molecular weight excluding hydrogens is 444 g/mol. The molecular formula is C30H30N6. The number of benzene rings is 3. The van der Waals surface area contributed by atoms with Gasteiger partial charge in [-0.1, -0.05) is 48.5 Å². The van der Waals surface area contributed by atoms with Crippen molar-refractivity contribution in [3.63, 3.8) is 0 Å². The van der Waals surface area contributed by atoms with Crippen LogP contribution in [0.1, 0.15) is 49.4 Å². The molecule has 2 saturated heterocycles. The van der Waals surface area contributed by atoms with Crippen LogP contribution in [0.4, 0.5) is 0 Å². The lowest BCUT2D eigenvalue weighted by Crippen LogP contribution is -2.14. The van der Waals surface area contributed by atoms with Gasteiger partial charge in [0.25, 0.3) is 0 Å². The fraction of sp³-hybridized carbons (Fsp3) is 0.267. The van der Waals surface area contributed by atoms with Crippen molar-refractivity contribution < 1.29 is 0 Å². The van der Waals surface area contributed by atoms with Gasteiger partial charge in [0, 0.05) is 5.56 Å². The van der Waals surface area contributed by atoms with Crippen LogP contribution < -0.4 is 10.6 Å². The van der Waals surface area contributed by atoms with Crippen molar-refractivity contribution in [2.24, 2.45) is 0 Å². The van der Waals surface area contributed by atoms with Gasteiger partial charge in [-0.25, -0.2) is 9.97 Å². The van der Waals surface area contributed by atoms with E-state index < -0.39 is 0 Å². The number of fused-ring (bicyclic) bond motifs is 1. The molecule has 0 radical (unpaired) electrons. The Balaban J connectivity index is 1.11. The minimum absolute atomic E-state index is 0.354. The number of hydrogen-bond acceptors (Lipinski definition) is 4. The van der Waals surface area contributed by atoms with Gasteiger partial charge in [0.1, 0.15) is 11.6 Å². The molecule has 2 aliphatic rings. The molecule has 6 heteroatoms. The lowest BCUT2D eigenvalue weighted by Gasteiger charge is -2.08. The van der Waals surface area contributed by atoms with Gasteiger partial charge < -0.3 is 20.6 Å². The minimum atomic E-state index is 0.354. The third kappa shape index (κ3) is 4.02. The Labute approximate surface area is 210 Å². The van der Waals surface area contributed by atoms with Gasteiger partial charge in [-0.05, 0) is 78.4 Å². The van der Waals surface area contributed by atoms with Crippen LogP contribution in [-0.4, -0.2) is 33.0 Å². The number of rotatable bonds is 5. The number of nitrogens with one attached hydrogen (secondary N) is 4. The van der Waals surface area contributed by atoms with Crippen molar-refractivity contribution in [3.8, 4) is 33.6 Å². The van der Waals surface area contributed by atoms with Gasteiger partial charge in [0.05, 0.1) is 35.9 Å². The van der Waals surface area contributed by atoms with Crippen LogP contribution in [0.5, 0.6) is 0 Å². The molecule has 0 aliphatic carbocycles. The molecule has 180 valence electrons. The highest BCUT2D eigenvalue weighted by Crippen LogP contribution is 2.31. The lowest BCUT2D eigenvalue weighted by molar-refractivity contribution is 0.613. The summed E-state index contributed by atoms with van der Waals surface area (Å²) >= 11 is 0. The van der Waals surface area contributed by atoms with Crippen LogP contribution in [0.2, 0.25) is 0 Å². The zero-order chi connectivity index (χ0) is 23.9. The van der Waals surface area contributed by atoms with Crippen LogP contribution in [-0.2, 0) is 0 Å². The molecule has 2 atom stereocenters. The number of aromatic nitrogens is 4. The maximum Gasteiger partial charge on any atom is 0.123 e. The third-order valence-corrected chi connectivity index (χ3v) is 7.65. The highest BCUT2D eigenvalue weighted by Gasteiger charge is 2.20. The van der Waals surface area contributed by atoms with Gasteiger partial charge in [-0.2, -0.15) is 0 Å². The smallest absolute Gasteiger partial charge is 0.123 e. The molecule has 4 heterocycles. The number of aromatic amines is 2. The van der Waals surface area contributed by atoms with E-state index in [1.54, 1.807) is 0 Å². The van der Waals surface area contributed by atoms with E-state index >= 15 is 0 Å². The summed E-state index contributed by atoms with van der Waals surface area (Å²) in [5.41, 5.74) is 6.91. The van der Waals surface area contributed by atoms with Gasteiger partial charge in [-0.15, -0.1) is 0 Å². The van der Waals surface area contributed by atoms with E-state index in [0.29, 0.717) is 12.1 Å². The summed E-state index contributed by atoms with van der Waals surface area (Å²) in [5, 5.41) is 9.49. The molecule has 36 heavy (non-hydrogen) atoms. The molecule has 4 N–H and O–H groups in total. The summed E-state index contributed by atoms with van der Waals surface area (Å²) in [7, 11) is 0. The molecule has 2 fully saturated rings. The molecule has 0 amide bonds. The van der Waals surface area contributed by atoms with E-state index in [-0.39, 0.29) is 0 Å². The highest BCUT2D eigenvalue weighted by atomic mass is 15.0. The van der Waals surface area contributed by atoms with Crippen molar-refractivity contribution in [2.75, 3.05) is 13.1 Å². The Morgan fingerprint density at radius 3 is 1.64 bits per heavy atom. The Hall–Kier alpha value is -3.74. The fourth-order valence-corrected chi connectivity index (χ4v) is 5.59. The Morgan fingerprint density at radius 1 is 0.556 bits per heavy atom. The average Bonchev–Trinajstić information content (AvgIpc) is 3.75. The molecule has 2 aliphatic heterocycles. The van der Waals surface area contributed by atoms with Gasteiger partial charge in [0.2, 0.25) is 0 Å². The van der Waals surface area contributed by atoms with E-state index in [1.807, 2.05) is 12.4 Å². The molecule has 0 saturated carbocycles. The normalized spacial score (nSPS) is 19.9. The standard InChI is InChI=1S/C30H30N6/c1-3-25(31-13-1)29-33-17-27(35-29)20-7-5-19(6-8-20)21-9-10-23-16-24(12-11-22(23)15-21)28-18-34-30(36-28)26-4-2-14-32-26/h5-12,15-18,25-26,31-32H,1-4,13-14H2,(H,33,35)(H,34,36)/t25-,26?/m0/s1. The zero-order valence-electron chi connectivity index (χ0n) is 20.2. The van der Waals surface area contributed by atoms with Crippen LogP contribution in [0.3, 0.4) is 0 Å². The first-order chi connectivity index (χ1) is 17.8. The van der Waals surface area contributed by atoms with E-state index in [1.165, 1.54) is 40.3 Å². The molecule has 3 aromatic carbocycles. The largest absolute Gasteiger partial charge is 0.341 e. The predicted molar refractivity (Wildman–Crippen MR) is 145 cm³/mol. The van der Waals surface area contributed by atoms with Gasteiger partial charge in [0.15, 0.2) is 0 Å². The summed E-state index contributed by atoms with van der Waals surface area (Å²) in [6.07, 6.45) is 8.63. The quantitative estimate of drug-likeness (QED) is 0.247. The first kappa shape index (κ1) is 21.5. The average molecular weight is 475 g/mol. The summed E-state index contributed by atoms with van der Waals surface area (Å²) in [5.74, 6) is 2.09. The van der Waals surface area contributed by atoms with Crippen molar-refractivity contribution in [3.05, 3.63) is 84.7 Å². The third-order valence-electron chi connectivity index (χ3n) is 7.65. The van der Waals surface area contributed by atoms with Crippen LogP contribution in [0.25, 0.3) is 44.4 Å². The summed E-state index contributed by atoms with van der Waals surface area (Å²) in [4.78, 5) is 16.3. The van der Waals surface area contributed by atoms with Crippen molar-refractivity contribution >= 4 is 10.8 Å². The molecule has 7 rings (SSSR count). The zero-order valence-corrected chi connectivity index (χ0v) is 20.2. The van der Waals surface area contributed by atoms with Crippen molar-refractivity contribution in [1.29, 1.82) is 0 Å². The molecule has 0 spiro atoms. The van der Waals surface area contributed by atoms with Gasteiger partial charge >= 0.3 is 0 Å². The van der Waals surface area contributed by atoms with Gasteiger partial charge in [-0.3, -0.25) is 0 Å². The number of nitrogens with zero attached hydrogens (tertiary/aromatic N) is 2.